The molecule has 0 unspecified atom stereocenters. The van der Waals surface area contributed by atoms with E-state index in [1.165, 1.54) is 5.56 Å². The maximum Gasteiger partial charge on any atom is 0.490 e. The Hall–Kier alpha value is -3.25. The van der Waals surface area contributed by atoms with E-state index in [0.29, 0.717) is 13.0 Å². The number of nitrogens with zero attached hydrogens (tertiary/aromatic N) is 4. The lowest BCUT2D eigenvalue weighted by atomic mass is 9.89. The van der Waals surface area contributed by atoms with Gasteiger partial charge in [0.1, 0.15) is 12.4 Å². The molecule has 5 heterocycles. The van der Waals surface area contributed by atoms with Crippen LogP contribution >= 0.6 is 11.3 Å². The van der Waals surface area contributed by atoms with Gasteiger partial charge < -0.3 is 19.3 Å². The molecule has 35 heavy (non-hydrogen) atoms. The van der Waals surface area contributed by atoms with Crippen molar-refractivity contribution in [2.24, 2.45) is 0 Å². The zero-order valence-electron chi connectivity index (χ0n) is 18.6. The normalized spacial score (nSPS) is 16.8. The number of carbonyl (C=O) groups is 2. The summed E-state index contributed by atoms with van der Waals surface area (Å²) in [6, 6.07) is 7.83. The first-order valence-electron chi connectivity index (χ1n) is 10.9. The molecule has 0 saturated carbocycles. The Morgan fingerprint density at radius 3 is 2.51 bits per heavy atom. The first kappa shape index (κ1) is 24.9. The average molecular weight is 509 g/mol. The minimum absolute atomic E-state index is 0.145. The van der Waals surface area contributed by atoms with Crippen LogP contribution in [0.15, 0.2) is 47.4 Å². The third-order valence-corrected chi connectivity index (χ3v) is 6.72. The van der Waals surface area contributed by atoms with Gasteiger partial charge in [-0.25, -0.2) is 9.78 Å². The van der Waals surface area contributed by atoms with Crippen LogP contribution in [0, 0.1) is 0 Å². The Balaban J connectivity index is 0.000000364. The van der Waals surface area contributed by atoms with Gasteiger partial charge in [-0.3, -0.25) is 9.78 Å². The smallest absolute Gasteiger partial charge is 0.475 e. The molecule has 186 valence electrons. The fourth-order valence-electron chi connectivity index (χ4n) is 4.13. The number of pyridine rings is 1. The first-order valence-corrected chi connectivity index (χ1v) is 11.8. The number of aliphatic carboxylic acids is 1. The lowest BCUT2D eigenvalue weighted by Crippen LogP contribution is -2.52. The number of carboxylic acid groups (broad SMARTS) is 1. The van der Waals surface area contributed by atoms with Crippen molar-refractivity contribution in [2.45, 2.75) is 44.2 Å². The number of carbonyl (C=O) groups excluding carboxylic acids is 1. The summed E-state index contributed by atoms with van der Waals surface area (Å²) < 4.78 is 40.3. The Bertz CT molecular complexity index is 1160. The van der Waals surface area contributed by atoms with E-state index in [-0.39, 0.29) is 11.5 Å². The highest BCUT2D eigenvalue weighted by molar-refractivity contribution is 7.08. The Morgan fingerprint density at radius 2 is 1.91 bits per heavy atom. The van der Waals surface area contributed by atoms with Crippen LogP contribution in [0.1, 0.15) is 24.4 Å². The zero-order chi connectivity index (χ0) is 25.1. The highest BCUT2D eigenvalue weighted by Crippen LogP contribution is 2.36. The number of carboxylic acids is 1. The maximum atomic E-state index is 12.6. The second-order valence-electron chi connectivity index (χ2n) is 8.31. The number of ether oxygens (including phenoxy) is 1. The number of halogens is 3. The summed E-state index contributed by atoms with van der Waals surface area (Å²) in [4.78, 5) is 32.3. The van der Waals surface area contributed by atoms with E-state index >= 15 is 0 Å². The number of aromatic nitrogens is 3. The molecular formula is C23H23F3N4O4S. The molecule has 8 nitrogen and oxygen atoms in total. The van der Waals surface area contributed by atoms with Gasteiger partial charge in [0, 0.05) is 35.9 Å². The quantitative estimate of drug-likeness (QED) is 0.579. The van der Waals surface area contributed by atoms with Crippen LogP contribution in [0.25, 0.3) is 11.3 Å². The Morgan fingerprint density at radius 1 is 1.17 bits per heavy atom. The van der Waals surface area contributed by atoms with Gasteiger partial charge in [0.2, 0.25) is 5.91 Å². The van der Waals surface area contributed by atoms with Gasteiger partial charge in [-0.05, 0) is 36.4 Å². The monoisotopic (exact) mass is 508 g/mol. The molecule has 2 aliphatic rings. The number of rotatable bonds is 3. The van der Waals surface area contributed by atoms with Crippen LogP contribution in [-0.2, 0) is 33.9 Å². The summed E-state index contributed by atoms with van der Waals surface area (Å²) in [6.45, 7) is 2.79. The fourth-order valence-corrected chi connectivity index (χ4v) is 4.78. The molecule has 2 aliphatic heterocycles. The average Bonchev–Trinajstić information content (AvgIpc) is 3.49. The van der Waals surface area contributed by atoms with Gasteiger partial charge in [0.05, 0.1) is 30.5 Å². The molecule has 12 heteroatoms. The maximum absolute atomic E-state index is 12.6. The topological polar surface area (TPSA) is 97.5 Å². The van der Waals surface area contributed by atoms with E-state index in [9.17, 15) is 18.0 Å². The highest BCUT2D eigenvalue weighted by atomic mass is 32.1. The van der Waals surface area contributed by atoms with Crippen molar-refractivity contribution in [3.8, 4) is 11.3 Å². The fraction of sp³-hybridized carbons (Fsp3) is 0.391. The van der Waals surface area contributed by atoms with E-state index in [1.54, 1.807) is 17.5 Å². The minimum atomic E-state index is -5.08. The van der Waals surface area contributed by atoms with Gasteiger partial charge >= 0.3 is 12.1 Å². The number of hydrogen-bond donors (Lipinski definition) is 1. The van der Waals surface area contributed by atoms with Crippen LogP contribution in [0.3, 0.4) is 0 Å². The number of likely N-dealkylation sites (tertiary alicyclic amines) is 1. The molecule has 0 atom stereocenters. The Labute approximate surface area is 203 Å². The summed E-state index contributed by atoms with van der Waals surface area (Å²) in [6.07, 6.45) is 0.661. The van der Waals surface area contributed by atoms with E-state index in [2.05, 4.69) is 31.4 Å². The van der Waals surface area contributed by atoms with Crippen molar-refractivity contribution in [1.82, 2.24) is 19.4 Å². The van der Waals surface area contributed by atoms with Crippen molar-refractivity contribution in [1.29, 1.82) is 0 Å². The van der Waals surface area contributed by atoms with Crippen LogP contribution < -0.4 is 0 Å². The number of amides is 1. The number of piperidine rings is 1. The van der Waals surface area contributed by atoms with Gasteiger partial charge in [-0.15, -0.1) is 0 Å². The van der Waals surface area contributed by atoms with Crippen molar-refractivity contribution >= 4 is 23.2 Å². The van der Waals surface area contributed by atoms with Crippen molar-refractivity contribution in [3.63, 3.8) is 0 Å². The molecule has 0 bridgehead atoms. The molecule has 0 aliphatic carbocycles. The van der Waals surface area contributed by atoms with Gasteiger partial charge in [-0.2, -0.15) is 24.5 Å². The lowest BCUT2D eigenvalue weighted by molar-refractivity contribution is -0.192. The van der Waals surface area contributed by atoms with E-state index in [4.69, 9.17) is 14.6 Å². The minimum Gasteiger partial charge on any atom is -0.475 e. The number of thiophene rings is 1. The second kappa shape index (κ2) is 10.2. The van der Waals surface area contributed by atoms with Crippen molar-refractivity contribution < 1.29 is 32.6 Å². The molecule has 5 rings (SSSR count). The number of fused-ring (bicyclic) bond motifs is 1. The molecule has 0 radical (unpaired) electrons. The van der Waals surface area contributed by atoms with Crippen LogP contribution in [0.4, 0.5) is 13.2 Å². The second-order valence-corrected chi connectivity index (χ2v) is 9.09. The van der Waals surface area contributed by atoms with Crippen LogP contribution in [0.2, 0.25) is 0 Å². The van der Waals surface area contributed by atoms with E-state index < -0.39 is 12.1 Å². The summed E-state index contributed by atoms with van der Waals surface area (Å²) in [5.41, 5.74) is 2.99. The number of alkyl halides is 3. The first-order chi connectivity index (χ1) is 16.7. The highest BCUT2D eigenvalue weighted by Gasteiger charge is 2.41. The predicted octanol–water partition coefficient (Wildman–Crippen LogP) is 3.77. The molecule has 3 aromatic heterocycles. The third-order valence-electron chi connectivity index (χ3n) is 6.04. The van der Waals surface area contributed by atoms with Crippen LogP contribution in [-0.4, -0.2) is 61.3 Å². The van der Waals surface area contributed by atoms with E-state index in [0.717, 1.165) is 49.7 Å². The number of imidazole rings is 1. The predicted molar refractivity (Wildman–Crippen MR) is 121 cm³/mol. The van der Waals surface area contributed by atoms with Gasteiger partial charge in [0.15, 0.2) is 0 Å². The van der Waals surface area contributed by atoms with Gasteiger partial charge in [0.25, 0.3) is 0 Å². The van der Waals surface area contributed by atoms with Crippen molar-refractivity contribution in [2.75, 3.05) is 13.1 Å². The molecule has 3 aromatic rings. The summed E-state index contributed by atoms with van der Waals surface area (Å²) in [7, 11) is 0. The van der Waals surface area contributed by atoms with Crippen LogP contribution in [0.5, 0.6) is 0 Å². The van der Waals surface area contributed by atoms with Crippen molar-refractivity contribution in [3.05, 3.63) is 58.9 Å². The molecule has 1 N–H and O–H groups in total. The summed E-state index contributed by atoms with van der Waals surface area (Å²) in [5, 5.41) is 11.4. The molecule has 1 amide bonds. The van der Waals surface area contributed by atoms with E-state index in [1.807, 2.05) is 29.3 Å². The zero-order valence-corrected chi connectivity index (χ0v) is 19.4. The van der Waals surface area contributed by atoms with Gasteiger partial charge in [-0.1, -0.05) is 6.07 Å². The Kier molecular flexibility index (Phi) is 7.22. The molecular weight excluding hydrogens is 485 g/mol. The SMILES string of the molecule is O=C(Cc1ccccn1)N1CCC2(CC1)Cn1c(-c3ccsc3)cnc1CO2.O=C(O)C(F)(F)F. The summed E-state index contributed by atoms with van der Waals surface area (Å²) in [5.74, 6) is -1.63. The standard InChI is InChI=1S/C21H22N4O2S.C2HF3O2/c26-20(11-17-3-1-2-7-22-17)24-8-5-21(6-9-24)15-25-18(16-4-10-28-14-16)12-23-19(25)13-27-21;3-2(4,5)1(6)7/h1-4,7,10,12,14H,5-6,8-9,11,13,15H2;(H,6,7). The molecule has 1 spiro atoms. The summed E-state index contributed by atoms with van der Waals surface area (Å²) >= 11 is 1.70. The number of hydrogen-bond acceptors (Lipinski definition) is 6. The molecule has 1 saturated heterocycles. The third kappa shape index (κ3) is 5.88. The lowest BCUT2D eigenvalue weighted by Gasteiger charge is -2.44. The molecule has 0 aromatic carbocycles. The molecule has 1 fully saturated rings. The largest absolute Gasteiger partial charge is 0.490 e.